The van der Waals surface area contributed by atoms with Crippen molar-refractivity contribution >= 4 is 56.8 Å². The Morgan fingerprint density at radius 2 is 1.90 bits per heavy atom. The highest BCUT2D eigenvalue weighted by Gasteiger charge is 2.03. The summed E-state index contributed by atoms with van der Waals surface area (Å²) in [5.41, 5.74) is 2.65. The molecule has 21 heavy (non-hydrogen) atoms. The van der Waals surface area contributed by atoms with Crippen molar-refractivity contribution in [2.24, 2.45) is 0 Å². The zero-order valence-corrected chi connectivity index (χ0v) is 14.3. The first-order valence-electron chi connectivity index (χ1n) is 6.16. The molecule has 0 saturated heterocycles. The van der Waals surface area contributed by atoms with E-state index in [1.54, 1.807) is 24.3 Å². The molecule has 0 unspecified atom stereocenters. The smallest absolute Gasteiger partial charge is 0.248 e. The molecular weight excluding hydrogens is 373 g/mol. The summed E-state index contributed by atoms with van der Waals surface area (Å²) in [4.78, 5) is 11.9. The van der Waals surface area contributed by atoms with Gasteiger partial charge in [0.15, 0.2) is 0 Å². The van der Waals surface area contributed by atoms with Gasteiger partial charge in [0, 0.05) is 10.5 Å². The molecule has 2 nitrogen and oxygen atoms in total. The van der Waals surface area contributed by atoms with Crippen LogP contribution in [0.4, 0.5) is 5.69 Å². The van der Waals surface area contributed by atoms with Crippen molar-refractivity contribution in [3.05, 3.63) is 68.1 Å². The van der Waals surface area contributed by atoms with Crippen LogP contribution in [0.15, 0.2) is 46.9 Å². The molecule has 0 spiro atoms. The van der Waals surface area contributed by atoms with Gasteiger partial charge in [-0.2, -0.15) is 0 Å². The number of hydrogen-bond donors (Lipinski definition) is 1. The van der Waals surface area contributed by atoms with Crippen LogP contribution in [0, 0.1) is 6.92 Å². The molecule has 0 aliphatic rings. The Bertz CT molecular complexity index is 713. The molecule has 0 aliphatic heterocycles. The van der Waals surface area contributed by atoms with Crippen LogP contribution >= 0.6 is 39.1 Å². The third kappa shape index (κ3) is 4.60. The quantitative estimate of drug-likeness (QED) is 0.674. The molecule has 1 amide bonds. The second kappa shape index (κ2) is 7.12. The number of anilines is 1. The lowest BCUT2D eigenvalue weighted by Gasteiger charge is -2.05. The number of aryl methyl sites for hydroxylation is 1. The summed E-state index contributed by atoms with van der Waals surface area (Å²) in [6.45, 7) is 1.99. The first-order chi connectivity index (χ1) is 9.95. The minimum atomic E-state index is -0.217. The van der Waals surface area contributed by atoms with Crippen molar-refractivity contribution in [2.45, 2.75) is 6.92 Å². The molecule has 0 radical (unpaired) electrons. The number of benzene rings is 2. The molecular formula is C16H12BrCl2NO. The van der Waals surface area contributed by atoms with Crippen LogP contribution in [0.1, 0.15) is 11.1 Å². The van der Waals surface area contributed by atoms with Gasteiger partial charge in [-0.3, -0.25) is 4.79 Å². The predicted octanol–water partition coefficient (Wildman–Crippen LogP) is 5.72. The summed E-state index contributed by atoms with van der Waals surface area (Å²) in [6.07, 6.45) is 3.13. The monoisotopic (exact) mass is 383 g/mol. The summed E-state index contributed by atoms with van der Waals surface area (Å²) in [6, 6.07) is 10.9. The van der Waals surface area contributed by atoms with Crippen LogP contribution in [0.5, 0.6) is 0 Å². The summed E-state index contributed by atoms with van der Waals surface area (Å²) in [5, 5.41) is 3.75. The Labute approximate surface area is 141 Å². The van der Waals surface area contributed by atoms with E-state index in [4.69, 9.17) is 23.2 Å². The summed E-state index contributed by atoms with van der Waals surface area (Å²) in [7, 11) is 0. The number of carbonyl (C=O) groups is 1. The van der Waals surface area contributed by atoms with Gasteiger partial charge in [0.2, 0.25) is 5.91 Å². The van der Waals surface area contributed by atoms with Crippen LogP contribution in [0.2, 0.25) is 10.0 Å². The molecule has 1 N–H and O–H groups in total. The van der Waals surface area contributed by atoms with E-state index < -0.39 is 0 Å². The predicted molar refractivity (Wildman–Crippen MR) is 93.0 cm³/mol. The lowest BCUT2D eigenvalue weighted by molar-refractivity contribution is -0.111. The standard InChI is InChI=1S/C16H12BrCl2NO/c1-10-2-6-15(12(17)8-10)20-16(21)7-4-11-3-5-13(18)14(19)9-11/h2-9H,1H3,(H,20,21). The van der Waals surface area contributed by atoms with Crippen molar-refractivity contribution in [1.29, 1.82) is 0 Å². The van der Waals surface area contributed by atoms with Gasteiger partial charge in [-0.1, -0.05) is 35.3 Å². The molecule has 2 aromatic carbocycles. The second-order valence-electron chi connectivity index (χ2n) is 4.48. The van der Waals surface area contributed by atoms with Crippen LogP contribution in [-0.2, 0) is 4.79 Å². The van der Waals surface area contributed by atoms with Crippen LogP contribution < -0.4 is 5.32 Å². The van der Waals surface area contributed by atoms with Crippen molar-refractivity contribution in [1.82, 2.24) is 0 Å². The molecule has 0 bridgehead atoms. The van der Waals surface area contributed by atoms with Crippen molar-refractivity contribution in [3.8, 4) is 0 Å². The van der Waals surface area contributed by atoms with E-state index in [9.17, 15) is 4.79 Å². The fourth-order valence-corrected chi connectivity index (χ4v) is 2.58. The molecule has 0 atom stereocenters. The van der Waals surface area contributed by atoms with E-state index in [2.05, 4.69) is 21.2 Å². The van der Waals surface area contributed by atoms with Gasteiger partial charge in [0.25, 0.3) is 0 Å². The summed E-state index contributed by atoms with van der Waals surface area (Å²) < 4.78 is 0.846. The number of hydrogen-bond acceptors (Lipinski definition) is 1. The third-order valence-electron chi connectivity index (χ3n) is 2.75. The zero-order chi connectivity index (χ0) is 15.4. The first kappa shape index (κ1) is 16.1. The maximum atomic E-state index is 11.9. The largest absolute Gasteiger partial charge is 0.321 e. The van der Waals surface area contributed by atoms with Crippen molar-refractivity contribution < 1.29 is 4.79 Å². The number of amides is 1. The van der Waals surface area contributed by atoms with Crippen LogP contribution in [0.25, 0.3) is 6.08 Å². The average Bonchev–Trinajstić information content (AvgIpc) is 2.43. The SMILES string of the molecule is Cc1ccc(NC(=O)C=Cc2ccc(Cl)c(Cl)c2)c(Br)c1. The van der Waals surface area contributed by atoms with Gasteiger partial charge >= 0.3 is 0 Å². The maximum absolute atomic E-state index is 11.9. The molecule has 0 aromatic heterocycles. The fourth-order valence-electron chi connectivity index (χ4n) is 1.68. The number of carbonyl (C=O) groups excluding carboxylic acids is 1. The van der Waals surface area contributed by atoms with Gasteiger partial charge < -0.3 is 5.32 Å². The van der Waals surface area contributed by atoms with Crippen LogP contribution in [0.3, 0.4) is 0 Å². The van der Waals surface area contributed by atoms with Crippen molar-refractivity contribution in [2.75, 3.05) is 5.32 Å². The first-order valence-corrected chi connectivity index (χ1v) is 7.71. The minimum Gasteiger partial charge on any atom is -0.321 e. The van der Waals surface area contributed by atoms with Gasteiger partial charge in [-0.15, -0.1) is 0 Å². The number of nitrogens with one attached hydrogen (secondary N) is 1. The Morgan fingerprint density at radius 3 is 2.57 bits per heavy atom. The molecule has 2 rings (SSSR count). The highest BCUT2D eigenvalue weighted by molar-refractivity contribution is 9.10. The van der Waals surface area contributed by atoms with E-state index in [1.165, 1.54) is 6.08 Å². The average molecular weight is 385 g/mol. The van der Waals surface area contributed by atoms with E-state index in [0.29, 0.717) is 10.0 Å². The Hall–Kier alpha value is -1.29. The van der Waals surface area contributed by atoms with E-state index in [0.717, 1.165) is 21.3 Å². The summed E-state index contributed by atoms with van der Waals surface area (Å²) >= 11 is 15.2. The van der Waals surface area contributed by atoms with Gasteiger partial charge in [0.1, 0.15) is 0 Å². The molecule has 5 heteroatoms. The van der Waals surface area contributed by atoms with Gasteiger partial charge in [-0.05, 0) is 64.3 Å². The molecule has 108 valence electrons. The molecule has 0 heterocycles. The van der Waals surface area contributed by atoms with E-state index in [-0.39, 0.29) is 5.91 Å². The third-order valence-corrected chi connectivity index (χ3v) is 4.15. The highest BCUT2D eigenvalue weighted by atomic mass is 79.9. The fraction of sp³-hybridized carbons (Fsp3) is 0.0625. The molecule has 2 aromatic rings. The lowest BCUT2D eigenvalue weighted by Crippen LogP contribution is -2.08. The van der Waals surface area contributed by atoms with Gasteiger partial charge in [0.05, 0.1) is 15.7 Å². The van der Waals surface area contributed by atoms with Gasteiger partial charge in [-0.25, -0.2) is 0 Å². The highest BCUT2D eigenvalue weighted by Crippen LogP contribution is 2.24. The number of rotatable bonds is 3. The Morgan fingerprint density at radius 1 is 1.14 bits per heavy atom. The Balaban J connectivity index is 2.07. The molecule has 0 saturated carbocycles. The van der Waals surface area contributed by atoms with Crippen LogP contribution in [-0.4, -0.2) is 5.91 Å². The van der Waals surface area contributed by atoms with E-state index in [1.807, 2.05) is 25.1 Å². The molecule has 0 aliphatic carbocycles. The van der Waals surface area contributed by atoms with Crippen molar-refractivity contribution in [3.63, 3.8) is 0 Å². The second-order valence-corrected chi connectivity index (χ2v) is 6.15. The lowest BCUT2D eigenvalue weighted by atomic mass is 10.2. The Kier molecular flexibility index (Phi) is 5.45. The zero-order valence-electron chi connectivity index (χ0n) is 11.2. The minimum absolute atomic E-state index is 0.217. The summed E-state index contributed by atoms with van der Waals surface area (Å²) in [5.74, 6) is -0.217. The number of halogens is 3. The maximum Gasteiger partial charge on any atom is 0.248 e. The molecule has 0 fully saturated rings. The normalized spacial score (nSPS) is 10.9. The van der Waals surface area contributed by atoms with E-state index >= 15 is 0 Å². The topological polar surface area (TPSA) is 29.1 Å².